The SMILES string of the molecule is Nc1nc(N2CCC[C@H]2C(=O)N2CCN(CC(F)(F)F)CC2)nc2sc(-c3ccco3)nc12. The minimum Gasteiger partial charge on any atom is -0.462 e. The Kier molecular flexibility index (Phi) is 5.60. The topological polar surface area (TPSA) is 105 Å². The maximum absolute atomic E-state index is 13.2. The van der Waals surface area contributed by atoms with Crippen LogP contribution < -0.4 is 10.6 Å². The summed E-state index contributed by atoms with van der Waals surface area (Å²) in [7, 11) is 0. The van der Waals surface area contributed by atoms with E-state index in [-0.39, 0.29) is 37.9 Å². The van der Waals surface area contributed by atoms with E-state index in [9.17, 15) is 18.0 Å². The van der Waals surface area contributed by atoms with Crippen molar-refractivity contribution in [3.05, 3.63) is 18.4 Å². The molecule has 1 atom stereocenters. The molecule has 13 heteroatoms. The van der Waals surface area contributed by atoms with Gasteiger partial charge < -0.3 is 20.0 Å². The van der Waals surface area contributed by atoms with E-state index in [0.717, 1.165) is 6.42 Å². The van der Waals surface area contributed by atoms with Gasteiger partial charge >= 0.3 is 6.18 Å². The zero-order valence-corrected chi connectivity index (χ0v) is 18.4. The number of nitrogen functional groups attached to an aromatic ring is 1. The van der Waals surface area contributed by atoms with Crippen LogP contribution in [0.2, 0.25) is 0 Å². The molecule has 5 heterocycles. The first kappa shape index (κ1) is 21.9. The summed E-state index contributed by atoms with van der Waals surface area (Å²) >= 11 is 1.33. The van der Waals surface area contributed by atoms with Crippen LogP contribution in [0.15, 0.2) is 22.8 Å². The minimum atomic E-state index is -4.24. The van der Waals surface area contributed by atoms with Gasteiger partial charge in [-0.3, -0.25) is 9.69 Å². The molecule has 0 spiro atoms. The monoisotopic (exact) mass is 481 g/mol. The molecule has 1 amide bonds. The molecule has 0 radical (unpaired) electrons. The zero-order chi connectivity index (χ0) is 23.2. The third-order valence-electron chi connectivity index (χ3n) is 5.89. The number of piperazine rings is 1. The molecule has 176 valence electrons. The average molecular weight is 482 g/mol. The summed E-state index contributed by atoms with van der Waals surface area (Å²) in [6.07, 6.45) is -1.27. The van der Waals surface area contributed by atoms with E-state index in [1.807, 2.05) is 4.90 Å². The van der Waals surface area contributed by atoms with Gasteiger partial charge in [0.2, 0.25) is 11.9 Å². The standard InChI is InChI=1S/C20H22F3N7O2S/c21-20(22,23)11-28-6-8-29(9-7-28)18(31)12-3-1-5-30(12)19-26-15(24)14-17(27-19)33-16(25-14)13-4-2-10-32-13/h2,4,10,12H,1,3,5-9,11H2,(H2,24,26,27)/t12-/m0/s1. The molecule has 33 heavy (non-hydrogen) atoms. The summed E-state index contributed by atoms with van der Waals surface area (Å²) in [5.74, 6) is 1.09. The Morgan fingerprint density at radius 2 is 1.97 bits per heavy atom. The van der Waals surface area contributed by atoms with Crippen molar-refractivity contribution in [1.29, 1.82) is 0 Å². The fourth-order valence-corrected chi connectivity index (χ4v) is 5.23. The number of carbonyl (C=O) groups excluding carboxylic acids is 1. The Labute approximate surface area is 191 Å². The Balaban J connectivity index is 1.33. The highest BCUT2D eigenvalue weighted by atomic mass is 32.1. The fourth-order valence-electron chi connectivity index (χ4n) is 4.32. The second-order valence-electron chi connectivity index (χ2n) is 8.13. The second kappa shape index (κ2) is 8.45. The number of carbonyl (C=O) groups is 1. The van der Waals surface area contributed by atoms with Gasteiger partial charge in [-0.25, -0.2) is 4.98 Å². The summed E-state index contributed by atoms with van der Waals surface area (Å²) in [6, 6.07) is 3.10. The molecule has 2 N–H and O–H groups in total. The molecule has 2 aliphatic heterocycles. The number of nitrogens with two attached hydrogens (primary N) is 1. The van der Waals surface area contributed by atoms with Crippen molar-refractivity contribution in [3.8, 4) is 10.8 Å². The number of anilines is 2. The lowest BCUT2D eigenvalue weighted by Crippen LogP contribution is -2.55. The molecule has 3 aromatic heterocycles. The van der Waals surface area contributed by atoms with Crippen LogP contribution in [0.1, 0.15) is 12.8 Å². The highest BCUT2D eigenvalue weighted by Crippen LogP contribution is 2.34. The largest absolute Gasteiger partial charge is 0.462 e. The van der Waals surface area contributed by atoms with Crippen LogP contribution in [0.4, 0.5) is 24.9 Å². The normalized spacial score (nSPS) is 20.2. The minimum absolute atomic E-state index is 0.109. The molecule has 3 aromatic rings. The van der Waals surface area contributed by atoms with Crippen molar-refractivity contribution in [1.82, 2.24) is 24.8 Å². The smallest absolute Gasteiger partial charge is 0.401 e. The van der Waals surface area contributed by atoms with Crippen LogP contribution in [-0.2, 0) is 4.79 Å². The van der Waals surface area contributed by atoms with Crippen molar-refractivity contribution in [2.75, 3.05) is 49.9 Å². The maximum Gasteiger partial charge on any atom is 0.401 e. The maximum atomic E-state index is 13.2. The number of halogens is 3. The van der Waals surface area contributed by atoms with E-state index in [0.29, 0.717) is 40.0 Å². The Hall–Kier alpha value is -2.93. The summed E-state index contributed by atoms with van der Waals surface area (Å²) in [6.45, 7) is 0.574. The lowest BCUT2D eigenvalue weighted by atomic mass is 10.1. The third-order valence-corrected chi connectivity index (χ3v) is 6.85. The number of rotatable bonds is 4. The van der Waals surface area contributed by atoms with Crippen molar-refractivity contribution in [3.63, 3.8) is 0 Å². The second-order valence-corrected chi connectivity index (χ2v) is 9.10. The first-order valence-corrected chi connectivity index (χ1v) is 11.4. The highest BCUT2D eigenvalue weighted by Gasteiger charge is 2.38. The van der Waals surface area contributed by atoms with E-state index in [4.69, 9.17) is 10.2 Å². The molecule has 0 aliphatic carbocycles. The predicted molar refractivity (Wildman–Crippen MR) is 117 cm³/mol. The van der Waals surface area contributed by atoms with Gasteiger partial charge in [-0.05, 0) is 25.0 Å². The number of thiazole rings is 1. The first-order valence-electron chi connectivity index (χ1n) is 10.6. The Morgan fingerprint density at radius 1 is 1.18 bits per heavy atom. The molecule has 0 unspecified atom stereocenters. The summed E-state index contributed by atoms with van der Waals surface area (Å²) in [5, 5.41) is 0.638. The van der Waals surface area contributed by atoms with Gasteiger partial charge in [0.05, 0.1) is 12.8 Å². The van der Waals surface area contributed by atoms with Crippen molar-refractivity contribution < 1.29 is 22.4 Å². The number of aromatic nitrogens is 3. The van der Waals surface area contributed by atoms with Crippen molar-refractivity contribution in [2.24, 2.45) is 0 Å². The number of hydrogen-bond donors (Lipinski definition) is 1. The fraction of sp³-hybridized carbons (Fsp3) is 0.500. The van der Waals surface area contributed by atoms with Crippen LogP contribution in [0.5, 0.6) is 0 Å². The van der Waals surface area contributed by atoms with Crippen LogP contribution in [0.25, 0.3) is 21.1 Å². The van der Waals surface area contributed by atoms with E-state index in [1.54, 1.807) is 23.3 Å². The van der Waals surface area contributed by atoms with E-state index < -0.39 is 18.8 Å². The number of furan rings is 1. The third kappa shape index (κ3) is 4.47. The molecule has 0 saturated carbocycles. The van der Waals surface area contributed by atoms with Gasteiger partial charge in [-0.1, -0.05) is 11.3 Å². The number of nitrogens with zero attached hydrogens (tertiary/aromatic N) is 6. The molecule has 0 aromatic carbocycles. The van der Waals surface area contributed by atoms with Crippen LogP contribution in [-0.4, -0.2) is 82.1 Å². The van der Waals surface area contributed by atoms with Gasteiger partial charge in [-0.15, -0.1) is 0 Å². The molecule has 9 nitrogen and oxygen atoms in total. The van der Waals surface area contributed by atoms with E-state index >= 15 is 0 Å². The van der Waals surface area contributed by atoms with Crippen LogP contribution in [0.3, 0.4) is 0 Å². The first-order chi connectivity index (χ1) is 15.8. The molecule has 0 bridgehead atoms. The number of amides is 1. The van der Waals surface area contributed by atoms with Crippen LogP contribution in [0, 0.1) is 0 Å². The summed E-state index contributed by atoms with van der Waals surface area (Å²) in [4.78, 5) is 32.1. The van der Waals surface area contributed by atoms with Crippen molar-refractivity contribution >= 4 is 39.4 Å². The molecule has 2 saturated heterocycles. The lowest BCUT2D eigenvalue weighted by molar-refractivity contribution is -0.152. The average Bonchev–Trinajstić information content (AvgIpc) is 3.52. The van der Waals surface area contributed by atoms with E-state index in [2.05, 4.69) is 15.0 Å². The molecule has 2 fully saturated rings. The molecule has 5 rings (SSSR count). The summed E-state index contributed by atoms with van der Waals surface area (Å²) < 4.78 is 43.3. The predicted octanol–water partition coefficient (Wildman–Crippen LogP) is 2.60. The van der Waals surface area contributed by atoms with Gasteiger partial charge in [0, 0.05) is 32.7 Å². The number of alkyl halides is 3. The number of hydrogen-bond acceptors (Lipinski definition) is 9. The molecule has 2 aliphatic rings. The highest BCUT2D eigenvalue weighted by molar-refractivity contribution is 7.21. The van der Waals surface area contributed by atoms with Gasteiger partial charge in [-0.2, -0.15) is 23.1 Å². The molecular weight excluding hydrogens is 459 g/mol. The van der Waals surface area contributed by atoms with Gasteiger partial charge in [0.15, 0.2) is 21.4 Å². The number of fused-ring (bicyclic) bond motifs is 1. The van der Waals surface area contributed by atoms with Crippen molar-refractivity contribution in [2.45, 2.75) is 25.1 Å². The molecular formula is C20H22F3N7O2S. The Bertz CT molecular complexity index is 1140. The Morgan fingerprint density at radius 3 is 2.67 bits per heavy atom. The van der Waals surface area contributed by atoms with Gasteiger partial charge in [0.1, 0.15) is 11.6 Å². The zero-order valence-electron chi connectivity index (χ0n) is 17.6. The quantitative estimate of drug-likeness (QED) is 0.607. The lowest BCUT2D eigenvalue weighted by Gasteiger charge is -2.37. The summed E-state index contributed by atoms with van der Waals surface area (Å²) in [5.41, 5.74) is 6.65. The van der Waals surface area contributed by atoms with Crippen LogP contribution >= 0.6 is 11.3 Å². The van der Waals surface area contributed by atoms with Gasteiger partial charge in [0.25, 0.3) is 0 Å². The van der Waals surface area contributed by atoms with E-state index in [1.165, 1.54) is 16.2 Å².